The van der Waals surface area contributed by atoms with Crippen LogP contribution in [0.3, 0.4) is 0 Å². The third kappa shape index (κ3) is 3.53. The molecule has 15 heavy (non-hydrogen) atoms. The second kappa shape index (κ2) is 5.73. The molecule has 0 radical (unpaired) electrons. The first kappa shape index (κ1) is 12.0. The Hall–Kier alpha value is -1.06. The Morgan fingerprint density at radius 2 is 2.00 bits per heavy atom. The Bertz CT molecular complexity index is 301. The summed E-state index contributed by atoms with van der Waals surface area (Å²) >= 11 is 0. The van der Waals surface area contributed by atoms with E-state index in [0.29, 0.717) is 12.4 Å². The number of methoxy groups -OCH3 is 1. The van der Waals surface area contributed by atoms with E-state index >= 15 is 0 Å². The minimum Gasteiger partial charge on any atom is -0.508 e. The van der Waals surface area contributed by atoms with Crippen LogP contribution in [0.15, 0.2) is 24.3 Å². The lowest BCUT2D eigenvalue weighted by Gasteiger charge is -2.20. The standard InChI is InChI=1S/C12H19NO2/c1-9(8-15-3)13-10(2)11-6-4-5-7-12(11)14/h4-7,9-10,13-14H,8H2,1-3H3. The van der Waals surface area contributed by atoms with Crippen molar-refractivity contribution in [3.8, 4) is 5.75 Å². The van der Waals surface area contributed by atoms with E-state index in [1.807, 2.05) is 25.1 Å². The van der Waals surface area contributed by atoms with Gasteiger partial charge in [0.25, 0.3) is 0 Å². The summed E-state index contributed by atoms with van der Waals surface area (Å²) in [4.78, 5) is 0. The molecule has 0 spiro atoms. The van der Waals surface area contributed by atoms with Crippen LogP contribution in [0.25, 0.3) is 0 Å². The number of para-hydroxylation sites is 1. The minimum absolute atomic E-state index is 0.122. The van der Waals surface area contributed by atoms with Gasteiger partial charge in [-0.2, -0.15) is 0 Å². The van der Waals surface area contributed by atoms with E-state index in [1.165, 1.54) is 0 Å². The number of aromatic hydroxyl groups is 1. The van der Waals surface area contributed by atoms with Gasteiger partial charge in [0.2, 0.25) is 0 Å². The van der Waals surface area contributed by atoms with Gasteiger partial charge in [0.15, 0.2) is 0 Å². The molecular weight excluding hydrogens is 190 g/mol. The maximum Gasteiger partial charge on any atom is 0.120 e. The Morgan fingerprint density at radius 1 is 1.33 bits per heavy atom. The highest BCUT2D eigenvalue weighted by molar-refractivity contribution is 5.34. The summed E-state index contributed by atoms with van der Waals surface area (Å²) in [6.45, 7) is 4.75. The summed E-state index contributed by atoms with van der Waals surface area (Å²) in [5.74, 6) is 0.335. The summed E-state index contributed by atoms with van der Waals surface area (Å²) < 4.78 is 5.05. The van der Waals surface area contributed by atoms with E-state index < -0.39 is 0 Å². The van der Waals surface area contributed by atoms with Crippen LogP contribution < -0.4 is 5.32 Å². The van der Waals surface area contributed by atoms with E-state index in [-0.39, 0.29) is 12.1 Å². The van der Waals surface area contributed by atoms with E-state index in [4.69, 9.17) is 4.74 Å². The molecule has 0 fully saturated rings. The topological polar surface area (TPSA) is 41.5 Å². The maximum absolute atomic E-state index is 9.65. The van der Waals surface area contributed by atoms with Gasteiger partial charge in [-0.3, -0.25) is 0 Å². The molecule has 0 aliphatic heterocycles. The lowest BCUT2D eigenvalue weighted by molar-refractivity contribution is 0.167. The van der Waals surface area contributed by atoms with Gasteiger partial charge in [-0.15, -0.1) is 0 Å². The van der Waals surface area contributed by atoms with Crippen molar-refractivity contribution in [1.29, 1.82) is 0 Å². The summed E-state index contributed by atoms with van der Waals surface area (Å²) in [5.41, 5.74) is 0.917. The number of ether oxygens (including phenoxy) is 1. The van der Waals surface area contributed by atoms with Crippen LogP contribution in [0.2, 0.25) is 0 Å². The fourth-order valence-corrected chi connectivity index (χ4v) is 1.67. The van der Waals surface area contributed by atoms with Crippen molar-refractivity contribution in [1.82, 2.24) is 5.32 Å². The quantitative estimate of drug-likeness (QED) is 0.780. The largest absolute Gasteiger partial charge is 0.508 e. The molecule has 2 unspecified atom stereocenters. The molecule has 0 saturated carbocycles. The number of nitrogens with one attached hydrogen (secondary N) is 1. The van der Waals surface area contributed by atoms with Gasteiger partial charge in [0, 0.05) is 24.8 Å². The van der Waals surface area contributed by atoms with Gasteiger partial charge in [-0.1, -0.05) is 18.2 Å². The minimum atomic E-state index is 0.122. The van der Waals surface area contributed by atoms with Gasteiger partial charge in [-0.25, -0.2) is 0 Å². The fraction of sp³-hybridized carbons (Fsp3) is 0.500. The molecule has 0 aliphatic rings. The van der Waals surface area contributed by atoms with Crippen LogP contribution in [0.1, 0.15) is 25.5 Å². The van der Waals surface area contributed by atoms with Crippen molar-refractivity contribution in [2.24, 2.45) is 0 Å². The normalized spacial score (nSPS) is 14.9. The monoisotopic (exact) mass is 209 g/mol. The number of phenolic OH excluding ortho intramolecular Hbond substituents is 1. The molecule has 0 heterocycles. The van der Waals surface area contributed by atoms with E-state index in [0.717, 1.165) is 5.56 Å². The first-order chi connectivity index (χ1) is 7.15. The van der Waals surface area contributed by atoms with Crippen LogP contribution in [0, 0.1) is 0 Å². The maximum atomic E-state index is 9.65. The van der Waals surface area contributed by atoms with Crippen LogP contribution >= 0.6 is 0 Å². The molecule has 0 bridgehead atoms. The van der Waals surface area contributed by atoms with Gasteiger partial charge >= 0.3 is 0 Å². The van der Waals surface area contributed by atoms with Gasteiger partial charge in [0.1, 0.15) is 5.75 Å². The predicted molar refractivity (Wildman–Crippen MR) is 61.0 cm³/mol. The number of hydrogen-bond acceptors (Lipinski definition) is 3. The highest BCUT2D eigenvalue weighted by Crippen LogP contribution is 2.23. The molecule has 2 N–H and O–H groups in total. The third-order valence-corrected chi connectivity index (χ3v) is 2.35. The summed E-state index contributed by atoms with van der Waals surface area (Å²) in [6, 6.07) is 7.76. The second-order valence-corrected chi connectivity index (χ2v) is 3.80. The molecule has 0 saturated heterocycles. The van der Waals surface area contributed by atoms with E-state index in [1.54, 1.807) is 13.2 Å². The molecule has 1 aromatic carbocycles. The Morgan fingerprint density at radius 3 is 2.60 bits per heavy atom. The SMILES string of the molecule is COCC(C)NC(C)c1ccccc1O. The van der Waals surface area contributed by atoms with Gasteiger partial charge in [-0.05, 0) is 19.9 Å². The molecule has 84 valence electrons. The number of hydrogen-bond donors (Lipinski definition) is 2. The fourth-order valence-electron chi connectivity index (χ4n) is 1.67. The van der Waals surface area contributed by atoms with Gasteiger partial charge < -0.3 is 15.2 Å². The first-order valence-electron chi connectivity index (χ1n) is 5.18. The van der Waals surface area contributed by atoms with Gasteiger partial charge in [0.05, 0.1) is 6.61 Å². The highest BCUT2D eigenvalue weighted by Gasteiger charge is 2.11. The third-order valence-electron chi connectivity index (χ3n) is 2.35. The van der Waals surface area contributed by atoms with Crippen molar-refractivity contribution >= 4 is 0 Å². The molecule has 3 heteroatoms. The second-order valence-electron chi connectivity index (χ2n) is 3.80. The number of benzene rings is 1. The first-order valence-corrected chi connectivity index (χ1v) is 5.18. The molecule has 1 rings (SSSR count). The number of phenols is 1. The average molecular weight is 209 g/mol. The molecule has 0 amide bonds. The van der Waals surface area contributed by atoms with Crippen molar-refractivity contribution in [3.63, 3.8) is 0 Å². The summed E-state index contributed by atoms with van der Waals surface area (Å²) in [6.07, 6.45) is 0. The average Bonchev–Trinajstić information content (AvgIpc) is 2.18. The van der Waals surface area contributed by atoms with Crippen LogP contribution in [0.5, 0.6) is 5.75 Å². The Kier molecular flexibility index (Phi) is 4.59. The molecular formula is C12H19NO2. The lowest BCUT2D eigenvalue weighted by atomic mass is 10.1. The Balaban J connectivity index is 2.61. The molecule has 2 atom stereocenters. The molecule has 0 aromatic heterocycles. The van der Waals surface area contributed by atoms with Crippen LogP contribution in [-0.4, -0.2) is 24.9 Å². The molecule has 3 nitrogen and oxygen atoms in total. The number of rotatable bonds is 5. The predicted octanol–water partition coefficient (Wildman–Crippen LogP) is 2.08. The molecule has 0 aliphatic carbocycles. The summed E-state index contributed by atoms with van der Waals surface area (Å²) in [5, 5.41) is 13.0. The van der Waals surface area contributed by atoms with E-state index in [9.17, 15) is 5.11 Å². The highest BCUT2D eigenvalue weighted by atomic mass is 16.5. The zero-order chi connectivity index (χ0) is 11.3. The van der Waals surface area contributed by atoms with Crippen molar-refractivity contribution < 1.29 is 9.84 Å². The zero-order valence-corrected chi connectivity index (χ0v) is 9.53. The van der Waals surface area contributed by atoms with E-state index in [2.05, 4.69) is 12.2 Å². The summed E-state index contributed by atoms with van der Waals surface area (Å²) in [7, 11) is 1.68. The zero-order valence-electron chi connectivity index (χ0n) is 9.53. The van der Waals surface area contributed by atoms with Crippen molar-refractivity contribution in [3.05, 3.63) is 29.8 Å². The Labute approximate surface area is 91.1 Å². The van der Waals surface area contributed by atoms with Crippen LogP contribution in [-0.2, 0) is 4.74 Å². The van der Waals surface area contributed by atoms with Crippen molar-refractivity contribution in [2.75, 3.05) is 13.7 Å². The lowest BCUT2D eigenvalue weighted by Crippen LogP contribution is -2.32. The van der Waals surface area contributed by atoms with Crippen LogP contribution in [0.4, 0.5) is 0 Å². The van der Waals surface area contributed by atoms with Crippen molar-refractivity contribution in [2.45, 2.75) is 25.9 Å². The smallest absolute Gasteiger partial charge is 0.120 e. The molecule has 1 aromatic rings.